The third-order valence-electron chi connectivity index (χ3n) is 4.18. The summed E-state index contributed by atoms with van der Waals surface area (Å²) in [5.74, 6) is 1.47. The van der Waals surface area contributed by atoms with Gasteiger partial charge in [0.05, 0.1) is 5.39 Å². The second-order valence-electron chi connectivity index (χ2n) is 6.07. The van der Waals surface area contributed by atoms with Crippen LogP contribution in [-0.4, -0.2) is 11.0 Å². The van der Waals surface area contributed by atoms with Gasteiger partial charge in [-0.05, 0) is 37.3 Å². The normalized spacial score (nSPS) is 10.8. The van der Waals surface area contributed by atoms with Gasteiger partial charge in [0, 0.05) is 17.0 Å². The number of rotatable bonds is 6. The largest absolute Gasteiger partial charge is 0.487 e. The number of esters is 1. The molecule has 0 saturated heterocycles. The van der Waals surface area contributed by atoms with Crippen LogP contribution >= 0.6 is 0 Å². The molecule has 0 unspecified atom stereocenters. The number of ether oxygens (including phenoxy) is 2. The van der Waals surface area contributed by atoms with E-state index in [-0.39, 0.29) is 12.6 Å². The van der Waals surface area contributed by atoms with Crippen LogP contribution in [0, 0.1) is 6.92 Å². The molecule has 6 heteroatoms. The molecule has 0 radical (unpaired) electrons. The number of hydrogen-bond donors (Lipinski definition) is 0. The highest BCUT2D eigenvalue weighted by atomic mass is 16.6. The fraction of sp³-hybridized carbons (Fsp3) is 0.0909. The summed E-state index contributed by atoms with van der Waals surface area (Å²) in [5, 5.41) is 1.43. The number of nitrogens with zero attached hydrogens (tertiary/aromatic N) is 1. The lowest BCUT2D eigenvalue weighted by Gasteiger charge is -2.04. The average Bonchev–Trinajstić information content (AvgIpc) is 3.30. The monoisotopic (exact) mass is 375 g/mol. The van der Waals surface area contributed by atoms with Crippen molar-refractivity contribution in [2.45, 2.75) is 13.5 Å². The minimum Gasteiger partial charge on any atom is -0.487 e. The van der Waals surface area contributed by atoms with E-state index < -0.39 is 5.97 Å². The molecule has 4 rings (SSSR count). The fourth-order valence-corrected chi connectivity index (χ4v) is 2.72. The summed E-state index contributed by atoms with van der Waals surface area (Å²) in [5.41, 5.74) is 1.64. The third-order valence-corrected chi connectivity index (χ3v) is 4.18. The van der Waals surface area contributed by atoms with E-state index in [0.717, 1.165) is 22.7 Å². The molecule has 0 atom stereocenters. The Kier molecular flexibility index (Phi) is 4.68. The minimum absolute atomic E-state index is 0.131. The molecule has 0 aliphatic heterocycles. The lowest BCUT2D eigenvalue weighted by molar-refractivity contribution is -0.129. The lowest BCUT2D eigenvalue weighted by atomic mass is 10.2. The van der Waals surface area contributed by atoms with Crippen LogP contribution in [-0.2, 0) is 11.4 Å². The van der Waals surface area contributed by atoms with E-state index in [4.69, 9.17) is 18.3 Å². The van der Waals surface area contributed by atoms with E-state index >= 15 is 0 Å². The molecule has 140 valence electrons. The molecular formula is C22H17NO5. The Morgan fingerprint density at radius 2 is 2.04 bits per heavy atom. The molecule has 2 aromatic carbocycles. The van der Waals surface area contributed by atoms with Gasteiger partial charge in [-0.3, -0.25) is 0 Å². The zero-order chi connectivity index (χ0) is 19.5. The van der Waals surface area contributed by atoms with Crippen molar-refractivity contribution in [3.8, 4) is 23.1 Å². The Hall–Kier alpha value is -3.80. The highest BCUT2D eigenvalue weighted by Gasteiger charge is 2.14. The molecule has 0 aliphatic carbocycles. The Labute approximate surface area is 161 Å². The van der Waals surface area contributed by atoms with Crippen LogP contribution in [0.1, 0.15) is 11.5 Å². The number of furan rings is 1. The number of oxazole rings is 1. The van der Waals surface area contributed by atoms with Crippen molar-refractivity contribution in [1.82, 2.24) is 4.98 Å². The molecule has 2 heterocycles. The van der Waals surface area contributed by atoms with E-state index in [2.05, 4.69) is 11.6 Å². The number of hydrogen-bond acceptors (Lipinski definition) is 6. The molecule has 4 aromatic rings. The van der Waals surface area contributed by atoms with Crippen molar-refractivity contribution in [3.63, 3.8) is 0 Å². The Morgan fingerprint density at radius 3 is 2.82 bits per heavy atom. The van der Waals surface area contributed by atoms with Crippen LogP contribution in [0.25, 0.3) is 22.2 Å². The maximum absolute atomic E-state index is 11.3. The molecule has 0 spiro atoms. The van der Waals surface area contributed by atoms with Gasteiger partial charge in [0.15, 0.2) is 0 Å². The van der Waals surface area contributed by atoms with Gasteiger partial charge in [-0.15, -0.1) is 0 Å². The van der Waals surface area contributed by atoms with Crippen molar-refractivity contribution in [1.29, 1.82) is 0 Å². The SMILES string of the molecule is C=CC(=O)Oc1occ2cc(OCc3nc(-c4ccccc4)oc3C)ccc12. The summed E-state index contributed by atoms with van der Waals surface area (Å²) in [6, 6.07) is 15.1. The van der Waals surface area contributed by atoms with E-state index in [0.29, 0.717) is 22.8 Å². The smallest absolute Gasteiger partial charge is 0.337 e. The number of carbonyl (C=O) groups is 1. The summed E-state index contributed by atoms with van der Waals surface area (Å²) in [4.78, 5) is 15.9. The maximum Gasteiger partial charge on any atom is 0.337 e. The first-order valence-electron chi connectivity index (χ1n) is 8.64. The number of carbonyl (C=O) groups excluding carboxylic acids is 1. The van der Waals surface area contributed by atoms with Gasteiger partial charge in [0.25, 0.3) is 0 Å². The van der Waals surface area contributed by atoms with Gasteiger partial charge in [-0.25, -0.2) is 9.78 Å². The Bertz CT molecular complexity index is 1140. The van der Waals surface area contributed by atoms with Gasteiger partial charge in [0.1, 0.15) is 30.1 Å². The molecule has 0 bridgehead atoms. The van der Waals surface area contributed by atoms with Gasteiger partial charge < -0.3 is 18.3 Å². The van der Waals surface area contributed by atoms with E-state index in [9.17, 15) is 4.79 Å². The molecule has 0 N–H and O–H groups in total. The second-order valence-corrected chi connectivity index (χ2v) is 6.07. The van der Waals surface area contributed by atoms with Crippen LogP contribution in [0.4, 0.5) is 0 Å². The highest BCUT2D eigenvalue weighted by molar-refractivity contribution is 5.91. The van der Waals surface area contributed by atoms with Crippen molar-refractivity contribution in [3.05, 3.63) is 78.9 Å². The number of aromatic nitrogens is 1. The summed E-state index contributed by atoms with van der Waals surface area (Å²) in [6.45, 7) is 5.49. The quantitative estimate of drug-likeness (QED) is 0.346. The minimum atomic E-state index is -0.577. The molecule has 0 saturated carbocycles. The van der Waals surface area contributed by atoms with E-state index in [1.54, 1.807) is 18.2 Å². The average molecular weight is 375 g/mol. The van der Waals surface area contributed by atoms with Crippen molar-refractivity contribution in [2.75, 3.05) is 0 Å². The first-order chi connectivity index (χ1) is 13.6. The van der Waals surface area contributed by atoms with Crippen LogP contribution < -0.4 is 9.47 Å². The van der Waals surface area contributed by atoms with Gasteiger partial charge >= 0.3 is 11.9 Å². The van der Waals surface area contributed by atoms with E-state index in [1.807, 2.05) is 37.3 Å². The maximum atomic E-state index is 11.3. The summed E-state index contributed by atoms with van der Waals surface area (Å²) < 4.78 is 22.0. The van der Waals surface area contributed by atoms with Crippen molar-refractivity contribution in [2.24, 2.45) is 0 Å². The zero-order valence-electron chi connectivity index (χ0n) is 15.2. The highest BCUT2D eigenvalue weighted by Crippen LogP contribution is 2.31. The molecule has 0 aliphatic rings. The lowest BCUT2D eigenvalue weighted by Crippen LogP contribution is -2.02. The predicted octanol–water partition coefficient (Wildman–Crippen LogP) is 5.07. The van der Waals surface area contributed by atoms with Crippen LogP contribution in [0.5, 0.6) is 11.7 Å². The third kappa shape index (κ3) is 3.53. The molecule has 0 amide bonds. The summed E-state index contributed by atoms with van der Waals surface area (Å²) in [7, 11) is 0. The molecule has 0 fully saturated rings. The van der Waals surface area contributed by atoms with Crippen LogP contribution in [0.15, 0.2) is 76.3 Å². The first kappa shape index (κ1) is 17.6. The van der Waals surface area contributed by atoms with Crippen molar-refractivity contribution >= 4 is 16.7 Å². The summed E-state index contributed by atoms with van der Waals surface area (Å²) >= 11 is 0. The second kappa shape index (κ2) is 7.44. The number of aryl methyl sites for hydroxylation is 1. The van der Waals surface area contributed by atoms with Gasteiger partial charge in [0.2, 0.25) is 5.89 Å². The molecular weight excluding hydrogens is 358 g/mol. The topological polar surface area (TPSA) is 74.7 Å². The van der Waals surface area contributed by atoms with E-state index in [1.165, 1.54) is 6.26 Å². The standard InChI is InChI=1S/C22H17NO5/c1-3-20(24)28-22-18-10-9-17(11-16(18)12-26-22)25-13-19-14(2)27-21(23-19)15-7-5-4-6-8-15/h3-12H,1,13H2,2H3. The zero-order valence-corrected chi connectivity index (χ0v) is 15.2. The molecule has 28 heavy (non-hydrogen) atoms. The number of benzene rings is 2. The van der Waals surface area contributed by atoms with Crippen LogP contribution in [0.3, 0.4) is 0 Å². The molecule has 6 nitrogen and oxygen atoms in total. The fourth-order valence-electron chi connectivity index (χ4n) is 2.72. The van der Waals surface area contributed by atoms with Crippen molar-refractivity contribution < 1.29 is 23.1 Å². The van der Waals surface area contributed by atoms with Gasteiger partial charge in [-0.1, -0.05) is 24.8 Å². The number of fused-ring (bicyclic) bond motifs is 1. The Morgan fingerprint density at radius 1 is 1.21 bits per heavy atom. The Balaban J connectivity index is 1.49. The summed E-state index contributed by atoms with van der Waals surface area (Å²) in [6.07, 6.45) is 2.58. The molecule has 2 aromatic heterocycles. The first-order valence-corrected chi connectivity index (χ1v) is 8.64. The van der Waals surface area contributed by atoms with Crippen LogP contribution in [0.2, 0.25) is 0 Å². The van der Waals surface area contributed by atoms with Gasteiger partial charge in [-0.2, -0.15) is 0 Å². The predicted molar refractivity (Wildman–Crippen MR) is 103 cm³/mol.